The molecule has 0 spiro atoms. The molecule has 0 N–H and O–H groups in total. The summed E-state index contributed by atoms with van der Waals surface area (Å²) in [4.78, 5) is 26.5. The van der Waals surface area contributed by atoms with Gasteiger partial charge in [0.05, 0.1) is 23.8 Å². The molecule has 1 aromatic rings. The maximum absolute atomic E-state index is 12.4. The maximum Gasteiger partial charge on any atom is 0.338 e. The van der Waals surface area contributed by atoms with Crippen molar-refractivity contribution in [2.45, 2.75) is 45.6 Å². The standard InChI is InChI=1S/C20H28BrNO5/c1-5-26-19-16(21)10-14(11-17(19)25-4)20(24)27-12-18(23)22(3)15-8-6-13(2)7-9-15/h10-11,13,15H,5-9,12H2,1-4H3. The SMILES string of the molecule is CCOc1c(Br)cc(C(=O)OCC(=O)N(C)C2CCC(C)CC2)cc1OC. The highest BCUT2D eigenvalue weighted by atomic mass is 79.9. The van der Waals surface area contributed by atoms with Crippen molar-refractivity contribution in [3.05, 3.63) is 22.2 Å². The predicted molar refractivity (Wildman–Crippen MR) is 106 cm³/mol. The summed E-state index contributed by atoms with van der Waals surface area (Å²) in [5.74, 6) is 0.920. The van der Waals surface area contributed by atoms with Gasteiger partial charge in [-0.2, -0.15) is 0 Å². The van der Waals surface area contributed by atoms with Gasteiger partial charge in [0.2, 0.25) is 0 Å². The average molecular weight is 442 g/mol. The minimum Gasteiger partial charge on any atom is -0.493 e. The number of hydrogen-bond acceptors (Lipinski definition) is 5. The Morgan fingerprint density at radius 2 is 1.89 bits per heavy atom. The zero-order valence-electron chi connectivity index (χ0n) is 16.4. The highest BCUT2D eigenvalue weighted by molar-refractivity contribution is 9.10. The number of nitrogens with zero attached hydrogens (tertiary/aromatic N) is 1. The lowest BCUT2D eigenvalue weighted by Gasteiger charge is -2.33. The van der Waals surface area contributed by atoms with E-state index >= 15 is 0 Å². The van der Waals surface area contributed by atoms with Gasteiger partial charge >= 0.3 is 5.97 Å². The zero-order valence-corrected chi connectivity index (χ0v) is 18.0. The number of ether oxygens (including phenoxy) is 3. The van der Waals surface area contributed by atoms with Crippen LogP contribution in [-0.4, -0.2) is 50.2 Å². The fourth-order valence-electron chi connectivity index (χ4n) is 3.27. The van der Waals surface area contributed by atoms with Crippen molar-refractivity contribution >= 4 is 27.8 Å². The fraction of sp³-hybridized carbons (Fsp3) is 0.600. The van der Waals surface area contributed by atoms with E-state index in [4.69, 9.17) is 14.2 Å². The van der Waals surface area contributed by atoms with Crippen molar-refractivity contribution in [1.29, 1.82) is 0 Å². The van der Waals surface area contributed by atoms with Gasteiger partial charge in [0, 0.05) is 13.1 Å². The van der Waals surface area contributed by atoms with Crippen LogP contribution < -0.4 is 9.47 Å². The number of rotatable bonds is 7. The van der Waals surface area contributed by atoms with Crippen LogP contribution in [0.25, 0.3) is 0 Å². The molecule has 0 atom stereocenters. The highest BCUT2D eigenvalue weighted by Gasteiger charge is 2.25. The highest BCUT2D eigenvalue weighted by Crippen LogP contribution is 2.36. The number of esters is 1. The molecule has 1 fully saturated rings. The zero-order chi connectivity index (χ0) is 20.0. The first-order chi connectivity index (χ1) is 12.9. The van der Waals surface area contributed by atoms with Crippen LogP contribution >= 0.6 is 15.9 Å². The Kier molecular flexibility index (Phi) is 7.95. The van der Waals surface area contributed by atoms with Crippen LogP contribution in [0.1, 0.15) is 49.9 Å². The molecule has 27 heavy (non-hydrogen) atoms. The molecule has 0 aliphatic heterocycles. The van der Waals surface area contributed by atoms with Crippen LogP contribution in [-0.2, 0) is 9.53 Å². The van der Waals surface area contributed by atoms with E-state index in [-0.39, 0.29) is 18.6 Å². The topological polar surface area (TPSA) is 65.1 Å². The molecule has 1 aliphatic rings. The molecular formula is C20H28BrNO5. The van der Waals surface area contributed by atoms with Crippen molar-refractivity contribution in [1.82, 2.24) is 4.90 Å². The van der Waals surface area contributed by atoms with Crippen LogP contribution in [0.15, 0.2) is 16.6 Å². The van der Waals surface area contributed by atoms with E-state index in [2.05, 4.69) is 22.9 Å². The molecule has 1 aromatic carbocycles. The van der Waals surface area contributed by atoms with Crippen LogP contribution in [0.2, 0.25) is 0 Å². The van der Waals surface area contributed by atoms with Crippen molar-refractivity contribution < 1.29 is 23.8 Å². The number of halogens is 1. The largest absolute Gasteiger partial charge is 0.493 e. The van der Waals surface area contributed by atoms with E-state index in [1.807, 2.05) is 6.92 Å². The van der Waals surface area contributed by atoms with E-state index in [1.54, 1.807) is 24.1 Å². The van der Waals surface area contributed by atoms with E-state index in [0.717, 1.165) is 31.6 Å². The third-order valence-corrected chi connectivity index (χ3v) is 5.60. The third kappa shape index (κ3) is 5.61. The molecule has 0 heterocycles. The second-order valence-electron chi connectivity index (χ2n) is 6.92. The van der Waals surface area contributed by atoms with Crippen LogP contribution in [0.4, 0.5) is 0 Å². The van der Waals surface area contributed by atoms with Gasteiger partial charge < -0.3 is 19.1 Å². The number of benzene rings is 1. The summed E-state index contributed by atoms with van der Waals surface area (Å²) in [5, 5.41) is 0. The number of likely N-dealkylation sites (N-methyl/N-ethyl adjacent to an activating group) is 1. The first-order valence-electron chi connectivity index (χ1n) is 9.30. The number of carbonyl (C=O) groups is 2. The van der Waals surface area contributed by atoms with Gasteiger partial charge in [-0.3, -0.25) is 4.79 Å². The Hall–Kier alpha value is -1.76. The first kappa shape index (κ1) is 21.5. The Morgan fingerprint density at radius 1 is 1.22 bits per heavy atom. The van der Waals surface area contributed by atoms with Gasteiger partial charge in [-0.05, 0) is 66.6 Å². The monoisotopic (exact) mass is 441 g/mol. The third-order valence-electron chi connectivity index (χ3n) is 5.01. The van der Waals surface area contributed by atoms with E-state index in [9.17, 15) is 9.59 Å². The normalized spacial score (nSPS) is 19.3. The van der Waals surface area contributed by atoms with E-state index in [0.29, 0.717) is 28.1 Å². The average Bonchev–Trinajstić information content (AvgIpc) is 2.67. The lowest BCUT2D eigenvalue weighted by atomic mass is 9.87. The van der Waals surface area contributed by atoms with Gasteiger partial charge in [-0.1, -0.05) is 6.92 Å². The summed E-state index contributed by atoms with van der Waals surface area (Å²) in [7, 11) is 3.29. The van der Waals surface area contributed by atoms with Gasteiger partial charge in [-0.15, -0.1) is 0 Å². The minimum absolute atomic E-state index is 0.181. The van der Waals surface area contributed by atoms with Crippen molar-refractivity contribution in [2.75, 3.05) is 27.4 Å². The number of hydrogen-bond donors (Lipinski definition) is 0. The van der Waals surface area contributed by atoms with Gasteiger partial charge in [-0.25, -0.2) is 4.79 Å². The second kappa shape index (κ2) is 9.97. The molecule has 1 saturated carbocycles. The minimum atomic E-state index is -0.573. The molecule has 1 amide bonds. The summed E-state index contributed by atoms with van der Waals surface area (Å²) < 4.78 is 16.6. The lowest BCUT2D eigenvalue weighted by molar-refractivity contribution is -0.136. The molecular weight excluding hydrogens is 414 g/mol. The Balaban J connectivity index is 1.96. The molecule has 7 heteroatoms. The Labute approximate surface area is 169 Å². The Morgan fingerprint density at radius 3 is 2.48 bits per heavy atom. The lowest BCUT2D eigenvalue weighted by Crippen LogP contribution is -2.41. The molecule has 2 rings (SSSR count). The smallest absolute Gasteiger partial charge is 0.338 e. The quantitative estimate of drug-likeness (QED) is 0.597. The molecule has 1 aliphatic carbocycles. The first-order valence-corrected chi connectivity index (χ1v) is 10.1. The van der Waals surface area contributed by atoms with E-state index < -0.39 is 5.97 Å². The molecule has 0 radical (unpaired) electrons. The molecule has 0 aromatic heterocycles. The number of amides is 1. The molecule has 150 valence electrons. The van der Waals surface area contributed by atoms with Crippen LogP contribution in [0, 0.1) is 5.92 Å². The summed E-state index contributed by atoms with van der Waals surface area (Å²) in [6, 6.07) is 3.38. The molecule has 0 saturated heterocycles. The second-order valence-corrected chi connectivity index (χ2v) is 7.77. The van der Waals surface area contributed by atoms with Crippen molar-refractivity contribution in [3.63, 3.8) is 0 Å². The summed E-state index contributed by atoms with van der Waals surface area (Å²) >= 11 is 3.38. The summed E-state index contributed by atoms with van der Waals surface area (Å²) in [6.07, 6.45) is 4.25. The number of carbonyl (C=O) groups excluding carboxylic acids is 2. The van der Waals surface area contributed by atoms with Gasteiger partial charge in [0.1, 0.15) is 0 Å². The predicted octanol–water partition coefficient (Wildman–Crippen LogP) is 4.05. The summed E-state index contributed by atoms with van der Waals surface area (Å²) in [6.45, 7) is 4.31. The van der Waals surface area contributed by atoms with Crippen LogP contribution in [0.5, 0.6) is 11.5 Å². The number of methoxy groups -OCH3 is 1. The molecule has 6 nitrogen and oxygen atoms in total. The maximum atomic E-state index is 12.4. The Bertz CT molecular complexity index is 671. The van der Waals surface area contributed by atoms with Crippen molar-refractivity contribution in [3.8, 4) is 11.5 Å². The van der Waals surface area contributed by atoms with E-state index in [1.165, 1.54) is 7.11 Å². The molecule has 0 unspecified atom stereocenters. The van der Waals surface area contributed by atoms with Crippen molar-refractivity contribution in [2.24, 2.45) is 5.92 Å². The molecule has 0 bridgehead atoms. The van der Waals surface area contributed by atoms with Gasteiger partial charge in [0.15, 0.2) is 18.1 Å². The van der Waals surface area contributed by atoms with Crippen LogP contribution in [0.3, 0.4) is 0 Å². The summed E-state index contributed by atoms with van der Waals surface area (Å²) in [5.41, 5.74) is 0.295. The van der Waals surface area contributed by atoms with Gasteiger partial charge in [0.25, 0.3) is 5.91 Å². The fourth-order valence-corrected chi connectivity index (χ4v) is 3.82.